The maximum absolute atomic E-state index is 12.8. The molecule has 1 aliphatic rings. The van der Waals surface area contributed by atoms with E-state index < -0.39 is 23.2 Å². The number of rotatable bonds is 4. The average molecular weight is 449 g/mol. The molecule has 0 aliphatic heterocycles. The number of nitrogens with zero attached hydrogens (tertiary/aromatic N) is 1. The van der Waals surface area contributed by atoms with Crippen molar-refractivity contribution in [3.05, 3.63) is 65.9 Å². The number of benzene rings is 2. The SMILES string of the molecule is COC(=O)C1(NC(=O)OC(C)(C)C)CCc2ccc(Oc3ccc4ncccc4c3)cc2C1. The lowest BCUT2D eigenvalue weighted by Gasteiger charge is -2.36. The monoisotopic (exact) mass is 448 g/mol. The molecule has 0 saturated heterocycles. The molecule has 1 aliphatic carbocycles. The highest BCUT2D eigenvalue weighted by atomic mass is 16.6. The molecule has 172 valence electrons. The van der Waals surface area contributed by atoms with Gasteiger partial charge in [-0.25, -0.2) is 9.59 Å². The van der Waals surface area contributed by atoms with Crippen LogP contribution in [0.5, 0.6) is 11.5 Å². The van der Waals surface area contributed by atoms with Crippen LogP contribution in [0, 0.1) is 0 Å². The lowest BCUT2D eigenvalue weighted by molar-refractivity contribution is -0.149. The Morgan fingerprint density at radius 1 is 1.03 bits per heavy atom. The summed E-state index contributed by atoms with van der Waals surface area (Å²) in [6.45, 7) is 5.33. The molecule has 2 aromatic carbocycles. The van der Waals surface area contributed by atoms with Gasteiger partial charge in [-0.05, 0) is 81.1 Å². The zero-order chi connectivity index (χ0) is 23.6. The number of pyridine rings is 1. The number of methoxy groups -OCH3 is 1. The summed E-state index contributed by atoms with van der Waals surface area (Å²) >= 11 is 0. The van der Waals surface area contributed by atoms with E-state index in [0.717, 1.165) is 22.0 Å². The Hall–Kier alpha value is -3.61. The van der Waals surface area contributed by atoms with Crippen molar-refractivity contribution in [3.63, 3.8) is 0 Å². The number of alkyl carbamates (subject to hydrolysis) is 1. The fourth-order valence-corrected chi connectivity index (χ4v) is 4.12. The van der Waals surface area contributed by atoms with Gasteiger partial charge in [-0.3, -0.25) is 4.98 Å². The minimum Gasteiger partial charge on any atom is -0.467 e. The van der Waals surface area contributed by atoms with E-state index in [0.29, 0.717) is 24.3 Å². The zero-order valence-electron chi connectivity index (χ0n) is 19.3. The van der Waals surface area contributed by atoms with Crippen molar-refractivity contribution in [1.29, 1.82) is 0 Å². The molecule has 7 nitrogen and oxygen atoms in total. The summed E-state index contributed by atoms with van der Waals surface area (Å²) in [5.74, 6) is 0.847. The molecule has 4 rings (SSSR count). The van der Waals surface area contributed by atoms with Crippen LogP contribution in [-0.4, -0.2) is 35.3 Å². The smallest absolute Gasteiger partial charge is 0.408 e. The first-order valence-electron chi connectivity index (χ1n) is 10.9. The Bertz CT molecular complexity index is 1200. The van der Waals surface area contributed by atoms with Gasteiger partial charge in [-0.2, -0.15) is 0 Å². The van der Waals surface area contributed by atoms with Crippen LogP contribution in [0.4, 0.5) is 4.79 Å². The Morgan fingerprint density at radius 3 is 2.55 bits per heavy atom. The van der Waals surface area contributed by atoms with Gasteiger partial charge in [0.05, 0.1) is 12.6 Å². The minimum absolute atomic E-state index is 0.285. The molecule has 1 N–H and O–H groups in total. The third-order valence-electron chi connectivity index (χ3n) is 5.62. The van der Waals surface area contributed by atoms with Crippen LogP contribution in [0.3, 0.4) is 0 Å². The molecule has 1 aromatic heterocycles. The van der Waals surface area contributed by atoms with Gasteiger partial charge in [0.25, 0.3) is 0 Å². The summed E-state index contributed by atoms with van der Waals surface area (Å²) in [5.41, 5.74) is 1.05. The maximum Gasteiger partial charge on any atom is 0.408 e. The summed E-state index contributed by atoms with van der Waals surface area (Å²) < 4.78 is 16.6. The fourth-order valence-electron chi connectivity index (χ4n) is 4.12. The zero-order valence-corrected chi connectivity index (χ0v) is 19.3. The molecule has 0 radical (unpaired) electrons. The highest BCUT2D eigenvalue weighted by molar-refractivity contribution is 5.86. The van der Waals surface area contributed by atoms with Gasteiger partial charge in [0.15, 0.2) is 0 Å². The third-order valence-corrected chi connectivity index (χ3v) is 5.62. The second-order valence-electron chi connectivity index (χ2n) is 9.27. The minimum atomic E-state index is -1.20. The number of esters is 1. The van der Waals surface area contributed by atoms with E-state index in [4.69, 9.17) is 14.2 Å². The maximum atomic E-state index is 12.8. The van der Waals surface area contributed by atoms with Crippen molar-refractivity contribution >= 4 is 23.0 Å². The van der Waals surface area contributed by atoms with E-state index in [-0.39, 0.29) is 6.42 Å². The van der Waals surface area contributed by atoms with Crippen molar-refractivity contribution in [2.45, 2.75) is 51.2 Å². The first kappa shape index (κ1) is 22.6. The number of hydrogen-bond donors (Lipinski definition) is 1. The van der Waals surface area contributed by atoms with E-state index in [1.54, 1.807) is 27.0 Å². The molecule has 0 saturated carbocycles. The van der Waals surface area contributed by atoms with Crippen LogP contribution >= 0.6 is 0 Å². The van der Waals surface area contributed by atoms with Gasteiger partial charge < -0.3 is 19.5 Å². The Morgan fingerprint density at radius 2 is 1.79 bits per heavy atom. The standard InChI is InChI=1S/C26H28N2O5/c1-25(2,3)33-24(30)28-26(23(29)31-4)12-11-17-7-8-20(15-19(17)16-26)32-21-9-10-22-18(14-21)6-5-13-27-22/h5-10,13-15H,11-12,16H2,1-4H3,(H,28,30). The van der Waals surface area contributed by atoms with Crippen molar-refractivity contribution < 1.29 is 23.8 Å². The molecule has 7 heteroatoms. The van der Waals surface area contributed by atoms with Gasteiger partial charge in [-0.15, -0.1) is 0 Å². The summed E-state index contributed by atoms with van der Waals surface area (Å²) in [5, 5.41) is 3.77. The normalized spacial score (nSPS) is 17.7. The second-order valence-corrected chi connectivity index (χ2v) is 9.27. The molecule has 3 aromatic rings. The van der Waals surface area contributed by atoms with Gasteiger partial charge in [0.2, 0.25) is 0 Å². The number of fused-ring (bicyclic) bond motifs is 2. The largest absolute Gasteiger partial charge is 0.467 e. The second kappa shape index (κ2) is 8.73. The van der Waals surface area contributed by atoms with Gasteiger partial charge >= 0.3 is 12.1 Å². The number of ether oxygens (including phenoxy) is 3. The first-order valence-corrected chi connectivity index (χ1v) is 10.9. The van der Waals surface area contributed by atoms with Crippen molar-refractivity contribution in [2.75, 3.05) is 7.11 Å². The topological polar surface area (TPSA) is 86.8 Å². The van der Waals surface area contributed by atoms with Crippen LogP contribution in [0.2, 0.25) is 0 Å². The van der Waals surface area contributed by atoms with Crippen molar-refractivity contribution in [2.24, 2.45) is 0 Å². The van der Waals surface area contributed by atoms with Gasteiger partial charge in [0, 0.05) is 18.0 Å². The summed E-state index contributed by atoms with van der Waals surface area (Å²) in [4.78, 5) is 29.6. The Kier molecular flexibility index (Phi) is 5.97. The third kappa shape index (κ3) is 5.08. The van der Waals surface area contributed by atoms with E-state index in [2.05, 4.69) is 10.3 Å². The molecule has 0 bridgehead atoms. The lowest BCUT2D eigenvalue weighted by Crippen LogP contribution is -2.59. The summed E-state index contributed by atoms with van der Waals surface area (Å²) in [7, 11) is 1.32. The first-order chi connectivity index (χ1) is 15.7. The van der Waals surface area contributed by atoms with Crippen molar-refractivity contribution in [1.82, 2.24) is 10.3 Å². The number of aromatic nitrogens is 1. The number of aryl methyl sites for hydroxylation is 1. The summed E-state index contributed by atoms with van der Waals surface area (Å²) in [6, 6.07) is 15.4. The quantitative estimate of drug-likeness (QED) is 0.568. The van der Waals surface area contributed by atoms with E-state index in [9.17, 15) is 9.59 Å². The number of carbonyl (C=O) groups excluding carboxylic acids is 2. The van der Waals surface area contributed by atoms with E-state index in [1.807, 2.05) is 48.5 Å². The Labute approximate surface area is 193 Å². The molecule has 1 amide bonds. The van der Waals surface area contributed by atoms with Gasteiger partial charge in [0.1, 0.15) is 22.6 Å². The summed E-state index contributed by atoms with van der Waals surface area (Å²) in [6.07, 6.45) is 2.43. The molecule has 0 fully saturated rings. The van der Waals surface area contributed by atoms with E-state index in [1.165, 1.54) is 7.11 Å². The molecule has 1 heterocycles. The highest BCUT2D eigenvalue weighted by Crippen LogP contribution is 2.34. The van der Waals surface area contributed by atoms with Crippen LogP contribution in [0.1, 0.15) is 38.3 Å². The van der Waals surface area contributed by atoms with Crippen LogP contribution in [0.15, 0.2) is 54.7 Å². The molecule has 33 heavy (non-hydrogen) atoms. The predicted molar refractivity (Wildman–Crippen MR) is 124 cm³/mol. The fraction of sp³-hybridized carbons (Fsp3) is 0.346. The number of amides is 1. The number of nitrogens with one attached hydrogen (secondary N) is 1. The highest BCUT2D eigenvalue weighted by Gasteiger charge is 2.44. The lowest BCUT2D eigenvalue weighted by atomic mass is 9.78. The molecule has 1 unspecified atom stereocenters. The predicted octanol–water partition coefficient (Wildman–Crippen LogP) is 4.95. The Balaban J connectivity index is 1.58. The van der Waals surface area contributed by atoms with Gasteiger partial charge in [-0.1, -0.05) is 12.1 Å². The van der Waals surface area contributed by atoms with Crippen LogP contribution in [-0.2, 0) is 27.1 Å². The molecule has 1 atom stereocenters. The van der Waals surface area contributed by atoms with Crippen LogP contribution in [0.25, 0.3) is 10.9 Å². The molecular weight excluding hydrogens is 420 g/mol. The van der Waals surface area contributed by atoms with E-state index >= 15 is 0 Å². The molecular formula is C26H28N2O5. The van der Waals surface area contributed by atoms with Crippen LogP contribution < -0.4 is 10.1 Å². The average Bonchev–Trinajstić information content (AvgIpc) is 2.76. The number of hydrogen-bond acceptors (Lipinski definition) is 6. The van der Waals surface area contributed by atoms with Crippen molar-refractivity contribution in [3.8, 4) is 11.5 Å². The molecule has 0 spiro atoms. The number of carbonyl (C=O) groups is 2.